The number of aromatic nitrogens is 2. The molecule has 1 aliphatic rings. The highest BCUT2D eigenvalue weighted by atomic mass is 35.5. The average Bonchev–Trinajstić information content (AvgIpc) is 3.52. The lowest BCUT2D eigenvalue weighted by molar-refractivity contribution is -0.120. The number of H-pyrrole nitrogens is 1. The van der Waals surface area contributed by atoms with Crippen LogP contribution in [0.3, 0.4) is 0 Å². The number of hydrogen-bond acceptors (Lipinski definition) is 4. The number of aliphatic imine (C=N–C) groups is 1. The zero-order chi connectivity index (χ0) is 35.2. The number of fused-ring (bicyclic) bond motifs is 1. The molecule has 1 aliphatic heterocycles. The molecule has 0 fully saturated rings. The monoisotopic (exact) mass is 673 g/mol. The summed E-state index contributed by atoms with van der Waals surface area (Å²) in [6.45, 7) is 27.5. The number of halogens is 2. The molecule has 3 unspecified atom stereocenters. The number of hydrogen-bond donors (Lipinski definition) is 1. The molecule has 258 valence electrons. The van der Waals surface area contributed by atoms with Gasteiger partial charge in [0.25, 0.3) is 0 Å². The van der Waals surface area contributed by atoms with Crippen LogP contribution in [0.25, 0.3) is 0 Å². The van der Waals surface area contributed by atoms with Gasteiger partial charge < -0.3 is 4.74 Å². The number of carbonyl (C=O) groups is 1. The minimum Gasteiger partial charge on any atom is -0.493 e. The normalized spacial score (nSPS) is 15.8. The fourth-order valence-corrected chi connectivity index (χ4v) is 5.15. The smallest absolute Gasteiger partial charge is 0.170 e. The molecule has 0 radical (unpaired) electrons. The Labute approximate surface area is 291 Å². The summed E-state index contributed by atoms with van der Waals surface area (Å²) in [6, 6.07) is 5.53. The first-order valence-electron chi connectivity index (χ1n) is 17.4. The Morgan fingerprint density at radius 1 is 1.04 bits per heavy atom. The molecule has 0 spiro atoms. The summed E-state index contributed by atoms with van der Waals surface area (Å²) in [5.74, 6) is 0.801. The van der Waals surface area contributed by atoms with Gasteiger partial charge in [-0.05, 0) is 67.4 Å². The van der Waals surface area contributed by atoms with Crippen LogP contribution in [0, 0.1) is 17.8 Å². The Morgan fingerprint density at radius 2 is 1.65 bits per heavy atom. The fraction of sp³-hybridized carbons (Fsp3) is 0.564. The van der Waals surface area contributed by atoms with Gasteiger partial charge >= 0.3 is 0 Å². The van der Waals surface area contributed by atoms with Crippen molar-refractivity contribution in [3.8, 4) is 5.75 Å². The largest absolute Gasteiger partial charge is 0.493 e. The molecular formula is C39H61Cl2N3O2. The van der Waals surface area contributed by atoms with Crippen molar-refractivity contribution in [2.45, 2.75) is 121 Å². The van der Waals surface area contributed by atoms with Crippen molar-refractivity contribution in [3.63, 3.8) is 0 Å². The number of rotatable bonds is 13. The summed E-state index contributed by atoms with van der Waals surface area (Å²) in [5.41, 5.74) is 4.75. The number of benzene rings is 1. The Hall–Kier alpha value is -2.63. The van der Waals surface area contributed by atoms with Crippen LogP contribution in [0.1, 0.15) is 126 Å². The molecule has 3 rings (SSSR count). The summed E-state index contributed by atoms with van der Waals surface area (Å²) < 4.78 is 5.92. The molecular weight excluding hydrogens is 613 g/mol. The van der Waals surface area contributed by atoms with Crippen LogP contribution >= 0.6 is 23.2 Å². The Morgan fingerprint density at radius 3 is 2.15 bits per heavy atom. The SMILES string of the molecule is C=C(C(=C\N=C(c1cn[nH]c1Cl)C(C)CC)/C(=C\C)C(=O)C1COc2ccc(Cl)cc2C1)C(C)CC.CC.CC.CCCCCC. The lowest BCUT2D eigenvalue weighted by Crippen LogP contribution is -2.30. The zero-order valence-corrected chi connectivity index (χ0v) is 32.0. The van der Waals surface area contributed by atoms with Crippen LogP contribution in [0.2, 0.25) is 10.2 Å². The van der Waals surface area contributed by atoms with Crippen molar-refractivity contribution in [3.05, 3.63) is 81.3 Å². The van der Waals surface area contributed by atoms with Gasteiger partial charge in [0, 0.05) is 22.4 Å². The summed E-state index contributed by atoms with van der Waals surface area (Å²) in [5, 5.41) is 7.92. The number of carbonyl (C=O) groups excluding carboxylic acids is 1. The molecule has 0 saturated heterocycles. The second-order valence-corrected chi connectivity index (χ2v) is 11.9. The molecule has 2 heterocycles. The molecule has 7 heteroatoms. The molecule has 0 saturated carbocycles. The van der Waals surface area contributed by atoms with Crippen molar-refractivity contribution >= 4 is 34.7 Å². The maximum Gasteiger partial charge on any atom is 0.170 e. The number of allylic oxidation sites excluding steroid dienone is 4. The summed E-state index contributed by atoms with van der Waals surface area (Å²) in [7, 11) is 0. The molecule has 0 aliphatic carbocycles. The summed E-state index contributed by atoms with van der Waals surface area (Å²) in [6.07, 6.45) is 13.2. The third-order valence-corrected chi connectivity index (χ3v) is 8.46. The molecule has 1 aromatic heterocycles. The van der Waals surface area contributed by atoms with Gasteiger partial charge in [-0.15, -0.1) is 0 Å². The van der Waals surface area contributed by atoms with Crippen molar-refractivity contribution in [2.24, 2.45) is 22.7 Å². The van der Waals surface area contributed by atoms with Gasteiger partial charge in [0.15, 0.2) is 5.78 Å². The minimum atomic E-state index is -0.323. The number of ether oxygens (including phenoxy) is 1. The second kappa shape index (κ2) is 24.5. The Bertz CT molecular complexity index is 1270. The van der Waals surface area contributed by atoms with Gasteiger partial charge in [-0.1, -0.05) is 131 Å². The van der Waals surface area contributed by atoms with Crippen LogP contribution < -0.4 is 4.74 Å². The lowest BCUT2D eigenvalue weighted by Gasteiger charge is -2.27. The van der Waals surface area contributed by atoms with E-state index in [0.717, 1.165) is 46.6 Å². The van der Waals surface area contributed by atoms with Gasteiger partial charge in [0.1, 0.15) is 10.9 Å². The van der Waals surface area contributed by atoms with Gasteiger partial charge in [0.05, 0.1) is 30.0 Å². The second-order valence-electron chi connectivity index (χ2n) is 11.0. The average molecular weight is 675 g/mol. The first kappa shape index (κ1) is 43.4. The van der Waals surface area contributed by atoms with E-state index in [4.69, 9.17) is 32.9 Å². The summed E-state index contributed by atoms with van der Waals surface area (Å²) in [4.78, 5) is 18.7. The quantitative estimate of drug-likeness (QED) is 0.0995. The molecule has 0 amide bonds. The van der Waals surface area contributed by atoms with Crippen LogP contribution in [0.4, 0.5) is 0 Å². The van der Waals surface area contributed by atoms with Gasteiger partial charge in [-0.25, -0.2) is 0 Å². The topological polar surface area (TPSA) is 67.3 Å². The van der Waals surface area contributed by atoms with Crippen molar-refractivity contribution in [1.82, 2.24) is 10.2 Å². The van der Waals surface area contributed by atoms with Gasteiger partial charge in [-0.2, -0.15) is 5.10 Å². The molecule has 3 atom stereocenters. The predicted molar refractivity (Wildman–Crippen MR) is 202 cm³/mol. The van der Waals surface area contributed by atoms with Crippen LogP contribution in [0.5, 0.6) is 5.75 Å². The van der Waals surface area contributed by atoms with E-state index in [1.54, 1.807) is 18.5 Å². The van der Waals surface area contributed by atoms with Crippen LogP contribution in [-0.4, -0.2) is 28.3 Å². The minimum absolute atomic E-state index is 0.0143. The highest BCUT2D eigenvalue weighted by molar-refractivity contribution is 6.33. The molecule has 1 N–H and O–H groups in total. The molecule has 1 aromatic carbocycles. The highest BCUT2D eigenvalue weighted by Gasteiger charge is 2.30. The van der Waals surface area contributed by atoms with E-state index >= 15 is 0 Å². The first-order valence-corrected chi connectivity index (χ1v) is 18.2. The predicted octanol–water partition coefficient (Wildman–Crippen LogP) is 12.4. The summed E-state index contributed by atoms with van der Waals surface area (Å²) >= 11 is 12.5. The van der Waals surface area contributed by atoms with Gasteiger partial charge in [-0.3, -0.25) is 14.9 Å². The Kier molecular flexibility index (Phi) is 23.1. The maximum atomic E-state index is 13.9. The number of aromatic amines is 1. The van der Waals surface area contributed by atoms with Crippen LogP contribution in [-0.2, 0) is 11.2 Å². The van der Waals surface area contributed by atoms with E-state index in [2.05, 4.69) is 58.3 Å². The van der Waals surface area contributed by atoms with Crippen molar-refractivity contribution < 1.29 is 9.53 Å². The van der Waals surface area contributed by atoms with Crippen molar-refractivity contribution in [1.29, 1.82) is 0 Å². The lowest BCUT2D eigenvalue weighted by atomic mass is 9.82. The van der Waals surface area contributed by atoms with E-state index < -0.39 is 0 Å². The number of unbranched alkanes of at least 4 members (excludes halogenated alkanes) is 3. The number of nitrogens with one attached hydrogen (secondary N) is 1. The van der Waals surface area contributed by atoms with E-state index in [-0.39, 0.29) is 23.5 Å². The number of nitrogens with zero attached hydrogens (tertiary/aromatic N) is 2. The fourth-order valence-electron chi connectivity index (χ4n) is 4.76. The van der Waals surface area contributed by atoms with E-state index in [1.165, 1.54) is 25.7 Å². The molecule has 5 nitrogen and oxygen atoms in total. The number of ketones is 1. The van der Waals surface area contributed by atoms with Gasteiger partial charge in [0.2, 0.25) is 0 Å². The van der Waals surface area contributed by atoms with E-state index in [9.17, 15) is 4.79 Å². The van der Waals surface area contributed by atoms with E-state index in [0.29, 0.717) is 28.8 Å². The van der Waals surface area contributed by atoms with E-state index in [1.807, 2.05) is 52.8 Å². The maximum absolute atomic E-state index is 13.9. The molecule has 0 bridgehead atoms. The number of Topliss-reactive ketones (excluding diaryl/α,β-unsaturated/α-hetero) is 1. The molecule has 2 aromatic rings. The molecule has 46 heavy (non-hydrogen) atoms. The third-order valence-electron chi connectivity index (χ3n) is 7.93. The zero-order valence-electron chi connectivity index (χ0n) is 30.5. The van der Waals surface area contributed by atoms with Crippen LogP contribution in [0.15, 0.2) is 65.0 Å². The Balaban J connectivity index is 0.00000179. The van der Waals surface area contributed by atoms with Crippen molar-refractivity contribution in [2.75, 3.05) is 6.61 Å². The standard InChI is InChI=1S/C29H35Cl2N3O2.C6H14.2C2H6/c1-7-17(4)19(6)24(14-32-27(18(5)8-2)25-15-33-34-29(25)31)23(9-3)28(35)21-12-20-13-22(30)10-11-26(20)36-16-21;1-3-5-6-4-2;2*1-2/h9-11,13-15,17-18,21H,6-8,12,16H2,1-5H3,(H,33,34);3-6H2,1-2H3;2*1-2H3/b23-9+,24-14+,32-27?;;;. The highest BCUT2D eigenvalue weighted by Crippen LogP contribution is 2.34. The first-order chi connectivity index (χ1) is 22.1. The third kappa shape index (κ3) is 13.2.